The molecule has 1 saturated heterocycles. The van der Waals surface area contributed by atoms with Gasteiger partial charge in [-0.3, -0.25) is 9.59 Å². The molecule has 0 unspecified atom stereocenters. The quantitative estimate of drug-likeness (QED) is 0.456. The largest absolute Gasteiger partial charge is 0.467 e. The van der Waals surface area contributed by atoms with Crippen LogP contribution in [0.25, 0.3) is 11.8 Å². The second-order valence-corrected chi connectivity index (χ2v) is 8.37. The lowest BCUT2D eigenvalue weighted by Crippen LogP contribution is -2.51. The van der Waals surface area contributed by atoms with Gasteiger partial charge in [-0.15, -0.1) is 0 Å². The van der Waals surface area contributed by atoms with Gasteiger partial charge in [0.05, 0.1) is 10.7 Å². The fourth-order valence-electron chi connectivity index (χ4n) is 3.64. The zero-order valence-corrected chi connectivity index (χ0v) is 19.7. The molecule has 188 valence electrons. The van der Waals surface area contributed by atoms with Gasteiger partial charge in [0.2, 0.25) is 11.8 Å². The number of para-hydroxylation sites is 1. The van der Waals surface area contributed by atoms with Crippen LogP contribution in [0.3, 0.4) is 0 Å². The molecule has 1 aliphatic heterocycles. The van der Waals surface area contributed by atoms with Crippen LogP contribution in [-0.4, -0.2) is 64.2 Å². The van der Waals surface area contributed by atoms with Crippen molar-refractivity contribution in [3.05, 3.63) is 83.0 Å². The van der Waals surface area contributed by atoms with Gasteiger partial charge in [0, 0.05) is 38.3 Å². The van der Waals surface area contributed by atoms with Crippen LogP contribution in [0.5, 0.6) is 5.88 Å². The second-order valence-electron chi connectivity index (χ2n) is 7.97. The van der Waals surface area contributed by atoms with E-state index in [1.807, 2.05) is 30.3 Å². The fourth-order valence-corrected chi connectivity index (χ4v) is 3.86. The van der Waals surface area contributed by atoms with Crippen LogP contribution in [0.1, 0.15) is 11.3 Å². The van der Waals surface area contributed by atoms with Gasteiger partial charge in [0.25, 0.3) is 5.91 Å². The molecule has 11 heteroatoms. The predicted molar refractivity (Wildman–Crippen MR) is 128 cm³/mol. The average Bonchev–Trinajstić information content (AvgIpc) is 3.31. The summed E-state index contributed by atoms with van der Waals surface area (Å²) < 4.78 is 46.2. The summed E-state index contributed by atoms with van der Waals surface area (Å²) >= 11 is 6.13. The zero-order chi connectivity index (χ0) is 25.7. The molecule has 2 aromatic carbocycles. The van der Waals surface area contributed by atoms with Crippen molar-refractivity contribution in [2.45, 2.75) is 6.18 Å². The molecule has 0 N–H and O–H groups in total. The van der Waals surface area contributed by atoms with Crippen molar-refractivity contribution >= 4 is 29.5 Å². The number of halogens is 4. The van der Waals surface area contributed by atoms with Crippen LogP contribution in [-0.2, 0) is 15.8 Å². The van der Waals surface area contributed by atoms with Gasteiger partial charge in [-0.2, -0.15) is 23.0 Å². The number of amides is 2. The average molecular weight is 519 g/mol. The Morgan fingerprint density at radius 3 is 2.28 bits per heavy atom. The molecule has 2 amide bonds. The van der Waals surface area contributed by atoms with Crippen molar-refractivity contribution in [1.29, 1.82) is 0 Å². The Hall–Kier alpha value is -3.79. The third kappa shape index (κ3) is 6.06. The number of alkyl halides is 3. The summed E-state index contributed by atoms with van der Waals surface area (Å²) in [6.07, 6.45) is -1.48. The summed E-state index contributed by atoms with van der Waals surface area (Å²) in [6.45, 7) is 0.740. The molecule has 1 aromatic heterocycles. The molecule has 1 aliphatic rings. The minimum Gasteiger partial charge on any atom is -0.467 e. The highest BCUT2D eigenvalue weighted by Crippen LogP contribution is 2.33. The van der Waals surface area contributed by atoms with E-state index in [0.29, 0.717) is 13.1 Å². The zero-order valence-electron chi connectivity index (χ0n) is 19.0. The van der Waals surface area contributed by atoms with E-state index in [2.05, 4.69) is 5.10 Å². The van der Waals surface area contributed by atoms with E-state index < -0.39 is 24.4 Å². The maximum Gasteiger partial charge on any atom is 0.435 e. The lowest BCUT2D eigenvalue weighted by atomic mass is 10.2. The molecule has 7 nitrogen and oxygen atoms in total. The first-order valence-corrected chi connectivity index (χ1v) is 11.4. The molecular weight excluding hydrogens is 497 g/mol. The summed E-state index contributed by atoms with van der Waals surface area (Å²) in [5.74, 6) is -0.837. The number of rotatable bonds is 6. The van der Waals surface area contributed by atoms with Crippen LogP contribution >= 0.6 is 11.6 Å². The molecule has 0 aliphatic carbocycles. The minimum atomic E-state index is -4.70. The minimum absolute atomic E-state index is 0.162. The normalized spacial score (nSPS) is 14.3. The highest BCUT2D eigenvalue weighted by atomic mass is 35.5. The van der Waals surface area contributed by atoms with Crippen molar-refractivity contribution in [3.63, 3.8) is 0 Å². The Balaban J connectivity index is 1.36. The molecule has 0 spiro atoms. The lowest BCUT2D eigenvalue weighted by molar-refractivity contribution is -0.141. The predicted octanol–water partition coefficient (Wildman–Crippen LogP) is 4.31. The van der Waals surface area contributed by atoms with Gasteiger partial charge in [-0.1, -0.05) is 54.1 Å². The van der Waals surface area contributed by atoms with Crippen LogP contribution in [0.2, 0.25) is 5.02 Å². The lowest BCUT2D eigenvalue weighted by Gasteiger charge is -2.34. The second kappa shape index (κ2) is 10.9. The van der Waals surface area contributed by atoms with Crippen molar-refractivity contribution < 1.29 is 27.5 Å². The van der Waals surface area contributed by atoms with Crippen molar-refractivity contribution in [3.8, 4) is 11.6 Å². The number of hydrogen-bond donors (Lipinski definition) is 0. The summed E-state index contributed by atoms with van der Waals surface area (Å²) in [5, 5.41) is 3.75. The number of piperazine rings is 1. The van der Waals surface area contributed by atoms with E-state index in [1.165, 1.54) is 23.1 Å². The Kier molecular flexibility index (Phi) is 7.64. The summed E-state index contributed by atoms with van der Waals surface area (Å²) in [7, 11) is 0. The molecule has 2 heterocycles. The Labute approximate surface area is 210 Å². The molecule has 0 radical (unpaired) electrons. The number of hydrogen-bond acceptors (Lipinski definition) is 4. The van der Waals surface area contributed by atoms with E-state index in [-0.39, 0.29) is 35.6 Å². The maximum atomic E-state index is 13.3. The van der Waals surface area contributed by atoms with Crippen molar-refractivity contribution in [2.24, 2.45) is 0 Å². The van der Waals surface area contributed by atoms with Gasteiger partial charge in [-0.05, 0) is 23.8 Å². The smallest absolute Gasteiger partial charge is 0.435 e. The van der Waals surface area contributed by atoms with E-state index in [0.717, 1.165) is 16.3 Å². The highest BCUT2D eigenvalue weighted by molar-refractivity contribution is 6.32. The first-order chi connectivity index (χ1) is 17.2. The Bertz CT molecular complexity index is 1250. The van der Waals surface area contributed by atoms with E-state index in [1.54, 1.807) is 23.1 Å². The fraction of sp³-hybridized carbons (Fsp3) is 0.240. The molecule has 0 bridgehead atoms. The SMILES string of the molecule is O=C(C=Cc1ccccc1)N1CCN(C(=O)COc2cc(C(F)(F)F)nn2-c2ccccc2Cl)CC1. The van der Waals surface area contributed by atoms with Gasteiger partial charge >= 0.3 is 6.18 Å². The molecule has 1 fully saturated rings. The molecule has 3 aromatic rings. The van der Waals surface area contributed by atoms with Crippen molar-refractivity contribution in [2.75, 3.05) is 32.8 Å². The summed E-state index contributed by atoms with van der Waals surface area (Å²) in [6, 6.07) is 16.4. The number of aromatic nitrogens is 2. The number of carbonyl (C=O) groups is 2. The highest BCUT2D eigenvalue weighted by Gasteiger charge is 2.36. The van der Waals surface area contributed by atoms with Gasteiger partial charge in [0.1, 0.15) is 0 Å². The molecule has 0 saturated carbocycles. The Morgan fingerprint density at radius 1 is 0.972 bits per heavy atom. The number of nitrogens with zero attached hydrogens (tertiary/aromatic N) is 4. The molecular formula is C25H22ClF3N4O3. The first-order valence-electron chi connectivity index (χ1n) is 11.1. The number of benzene rings is 2. The van der Waals surface area contributed by atoms with Crippen LogP contribution in [0.4, 0.5) is 13.2 Å². The molecule has 0 atom stereocenters. The number of ether oxygens (including phenoxy) is 1. The van der Waals surface area contributed by atoms with Crippen LogP contribution in [0, 0.1) is 0 Å². The molecule has 4 rings (SSSR count). The van der Waals surface area contributed by atoms with Gasteiger partial charge in [0.15, 0.2) is 12.3 Å². The molecule has 36 heavy (non-hydrogen) atoms. The van der Waals surface area contributed by atoms with Crippen LogP contribution in [0.15, 0.2) is 66.7 Å². The van der Waals surface area contributed by atoms with Crippen LogP contribution < -0.4 is 4.74 Å². The van der Waals surface area contributed by atoms with Gasteiger partial charge < -0.3 is 14.5 Å². The van der Waals surface area contributed by atoms with Crippen molar-refractivity contribution in [1.82, 2.24) is 19.6 Å². The third-order valence-corrected chi connectivity index (χ3v) is 5.87. The monoisotopic (exact) mass is 518 g/mol. The van der Waals surface area contributed by atoms with E-state index in [4.69, 9.17) is 16.3 Å². The summed E-state index contributed by atoms with van der Waals surface area (Å²) in [4.78, 5) is 28.3. The number of carbonyl (C=O) groups excluding carboxylic acids is 2. The Morgan fingerprint density at radius 2 is 1.61 bits per heavy atom. The van der Waals surface area contributed by atoms with E-state index >= 15 is 0 Å². The standard InChI is InChI=1S/C25H22ClF3N4O3/c26-19-8-4-5-9-20(19)33-24(16-21(30-33)25(27,28)29)36-17-23(35)32-14-12-31(13-15-32)22(34)11-10-18-6-2-1-3-7-18/h1-11,16H,12-15,17H2. The topological polar surface area (TPSA) is 67.7 Å². The summed E-state index contributed by atoms with van der Waals surface area (Å²) in [5.41, 5.74) is -0.0742. The maximum absolute atomic E-state index is 13.3. The van der Waals surface area contributed by atoms with Gasteiger partial charge in [-0.25, -0.2) is 0 Å². The third-order valence-electron chi connectivity index (χ3n) is 5.55. The first kappa shape index (κ1) is 25.3. The van der Waals surface area contributed by atoms with E-state index in [9.17, 15) is 22.8 Å².